The Morgan fingerprint density at radius 1 is 1.17 bits per heavy atom. The van der Waals surface area contributed by atoms with Gasteiger partial charge >= 0.3 is 0 Å². The molecule has 0 atom stereocenters. The van der Waals surface area contributed by atoms with E-state index >= 15 is 0 Å². The molecule has 0 N–H and O–H groups in total. The third-order valence-corrected chi connectivity index (χ3v) is 2.76. The van der Waals surface area contributed by atoms with E-state index in [1.807, 2.05) is 24.3 Å². The van der Waals surface area contributed by atoms with Crippen LogP contribution in [0.2, 0.25) is 0 Å². The highest BCUT2D eigenvalue weighted by Crippen LogP contribution is 2.12. The number of benzene rings is 2. The normalized spacial score (nSPS) is 10.8. The number of hydrogen-bond acceptors (Lipinski definition) is 2. The van der Waals surface area contributed by atoms with E-state index in [9.17, 15) is 4.39 Å². The zero-order valence-electron chi connectivity index (χ0n) is 9.51. The maximum Gasteiger partial charge on any atom is 0.142 e. The Morgan fingerprint density at radius 2 is 1.94 bits per heavy atom. The quantitative estimate of drug-likeness (QED) is 0.614. The third kappa shape index (κ3) is 3.96. The molecule has 0 aliphatic heterocycles. The van der Waals surface area contributed by atoms with Gasteiger partial charge in [-0.25, -0.2) is 4.39 Å². The van der Waals surface area contributed by atoms with Crippen LogP contribution < -0.4 is 0 Å². The van der Waals surface area contributed by atoms with Crippen LogP contribution in [-0.4, -0.2) is 6.21 Å². The second-order valence-corrected chi connectivity index (χ2v) is 4.61. The van der Waals surface area contributed by atoms with E-state index in [1.54, 1.807) is 18.3 Å². The first kappa shape index (κ1) is 12.8. The predicted molar refractivity (Wildman–Crippen MR) is 72.9 cm³/mol. The van der Waals surface area contributed by atoms with E-state index in [1.165, 1.54) is 12.1 Å². The second-order valence-electron chi connectivity index (χ2n) is 3.69. The molecule has 0 spiro atoms. The highest BCUT2D eigenvalue weighted by atomic mass is 79.9. The summed E-state index contributed by atoms with van der Waals surface area (Å²) in [5.41, 5.74) is 1.83. The van der Waals surface area contributed by atoms with Crippen LogP contribution in [0.15, 0.2) is 58.2 Å². The number of oxime groups is 1. The Balaban J connectivity index is 1.87. The Bertz CT molecular complexity index is 540. The van der Waals surface area contributed by atoms with Crippen LogP contribution in [0.25, 0.3) is 0 Å². The molecule has 0 fully saturated rings. The van der Waals surface area contributed by atoms with Gasteiger partial charge in [0, 0.05) is 4.47 Å². The van der Waals surface area contributed by atoms with Crippen molar-refractivity contribution in [1.82, 2.24) is 0 Å². The van der Waals surface area contributed by atoms with Gasteiger partial charge in [-0.05, 0) is 35.4 Å². The van der Waals surface area contributed by atoms with Crippen molar-refractivity contribution >= 4 is 22.1 Å². The standard InChI is InChI=1S/C14H11BrFNO/c15-13-3-1-2-12(8-13)10-18-17-9-11-4-6-14(16)7-5-11/h1-9H,10H2/b17-9+. The van der Waals surface area contributed by atoms with E-state index in [-0.39, 0.29) is 5.82 Å². The summed E-state index contributed by atoms with van der Waals surface area (Å²) in [6.45, 7) is 0.400. The van der Waals surface area contributed by atoms with Gasteiger partial charge in [0.1, 0.15) is 12.4 Å². The van der Waals surface area contributed by atoms with Gasteiger partial charge in [0.25, 0.3) is 0 Å². The largest absolute Gasteiger partial charge is 0.391 e. The molecule has 0 saturated heterocycles. The molecule has 4 heteroatoms. The maximum atomic E-state index is 12.7. The van der Waals surface area contributed by atoms with Crippen LogP contribution in [0.1, 0.15) is 11.1 Å². The summed E-state index contributed by atoms with van der Waals surface area (Å²) in [6, 6.07) is 13.9. The fraction of sp³-hybridized carbons (Fsp3) is 0.0714. The van der Waals surface area contributed by atoms with Crippen molar-refractivity contribution in [2.75, 3.05) is 0 Å². The molecule has 0 saturated carbocycles. The van der Waals surface area contributed by atoms with Crippen LogP contribution in [0.4, 0.5) is 4.39 Å². The minimum absolute atomic E-state index is 0.262. The molecule has 0 bridgehead atoms. The molecule has 0 aliphatic rings. The Kier molecular flexibility index (Phi) is 4.47. The molecule has 2 aromatic carbocycles. The van der Waals surface area contributed by atoms with Gasteiger partial charge in [0.05, 0.1) is 6.21 Å². The maximum absolute atomic E-state index is 12.7. The smallest absolute Gasteiger partial charge is 0.142 e. The molecule has 0 radical (unpaired) electrons. The first-order valence-electron chi connectivity index (χ1n) is 5.39. The van der Waals surface area contributed by atoms with Crippen LogP contribution in [0, 0.1) is 5.82 Å². The number of halogens is 2. The van der Waals surface area contributed by atoms with Gasteiger partial charge in [0.2, 0.25) is 0 Å². The molecule has 2 nitrogen and oxygen atoms in total. The minimum Gasteiger partial charge on any atom is -0.391 e. The van der Waals surface area contributed by atoms with E-state index in [2.05, 4.69) is 21.1 Å². The lowest BCUT2D eigenvalue weighted by atomic mass is 10.2. The van der Waals surface area contributed by atoms with Crippen LogP contribution in [0.5, 0.6) is 0 Å². The molecular weight excluding hydrogens is 297 g/mol. The first-order chi connectivity index (χ1) is 8.74. The topological polar surface area (TPSA) is 21.6 Å². The van der Waals surface area contributed by atoms with Crippen molar-refractivity contribution in [1.29, 1.82) is 0 Å². The summed E-state index contributed by atoms with van der Waals surface area (Å²) >= 11 is 3.39. The number of hydrogen-bond donors (Lipinski definition) is 0. The average Bonchev–Trinajstić information content (AvgIpc) is 2.37. The lowest BCUT2D eigenvalue weighted by Gasteiger charge is -2.00. The predicted octanol–water partition coefficient (Wildman–Crippen LogP) is 4.14. The molecule has 0 heterocycles. The molecule has 0 aliphatic carbocycles. The summed E-state index contributed by atoms with van der Waals surface area (Å²) < 4.78 is 13.7. The molecule has 0 aromatic heterocycles. The van der Waals surface area contributed by atoms with E-state index in [0.29, 0.717) is 6.61 Å². The lowest BCUT2D eigenvalue weighted by Crippen LogP contribution is -1.88. The lowest BCUT2D eigenvalue weighted by molar-refractivity contribution is 0.132. The molecule has 18 heavy (non-hydrogen) atoms. The van der Waals surface area contributed by atoms with Gasteiger partial charge in [-0.3, -0.25) is 0 Å². The monoisotopic (exact) mass is 307 g/mol. The van der Waals surface area contributed by atoms with Gasteiger partial charge in [-0.1, -0.05) is 45.4 Å². The second kappa shape index (κ2) is 6.31. The van der Waals surface area contributed by atoms with Crippen LogP contribution in [-0.2, 0) is 11.4 Å². The van der Waals surface area contributed by atoms with Crippen LogP contribution >= 0.6 is 15.9 Å². The van der Waals surface area contributed by atoms with Crippen molar-refractivity contribution in [3.8, 4) is 0 Å². The summed E-state index contributed by atoms with van der Waals surface area (Å²) in [5.74, 6) is -0.262. The average molecular weight is 308 g/mol. The first-order valence-corrected chi connectivity index (χ1v) is 6.19. The third-order valence-electron chi connectivity index (χ3n) is 2.27. The highest BCUT2D eigenvalue weighted by molar-refractivity contribution is 9.10. The number of rotatable bonds is 4. The fourth-order valence-corrected chi connectivity index (χ4v) is 1.83. The van der Waals surface area contributed by atoms with Crippen molar-refractivity contribution in [3.63, 3.8) is 0 Å². The van der Waals surface area contributed by atoms with Crippen molar-refractivity contribution in [2.45, 2.75) is 6.61 Å². The van der Waals surface area contributed by atoms with Gasteiger partial charge in [-0.2, -0.15) is 0 Å². The molecule has 0 amide bonds. The molecule has 2 aromatic rings. The molecule has 2 rings (SSSR count). The Morgan fingerprint density at radius 3 is 2.67 bits per heavy atom. The zero-order chi connectivity index (χ0) is 12.8. The van der Waals surface area contributed by atoms with Crippen LogP contribution in [0.3, 0.4) is 0 Å². The van der Waals surface area contributed by atoms with Gasteiger partial charge < -0.3 is 4.84 Å². The van der Waals surface area contributed by atoms with Crippen molar-refractivity contribution in [3.05, 3.63) is 69.9 Å². The van der Waals surface area contributed by atoms with Crippen molar-refractivity contribution < 1.29 is 9.23 Å². The summed E-state index contributed by atoms with van der Waals surface area (Å²) in [4.78, 5) is 5.16. The zero-order valence-corrected chi connectivity index (χ0v) is 11.1. The Hall–Kier alpha value is -1.68. The number of nitrogens with zero attached hydrogens (tertiary/aromatic N) is 1. The summed E-state index contributed by atoms with van der Waals surface area (Å²) in [6.07, 6.45) is 1.55. The summed E-state index contributed by atoms with van der Waals surface area (Å²) in [5, 5.41) is 3.83. The van der Waals surface area contributed by atoms with Gasteiger partial charge in [-0.15, -0.1) is 0 Å². The molecular formula is C14H11BrFNO. The SMILES string of the molecule is Fc1ccc(/C=N/OCc2cccc(Br)c2)cc1. The molecule has 0 unspecified atom stereocenters. The fourth-order valence-electron chi connectivity index (χ4n) is 1.39. The summed E-state index contributed by atoms with van der Waals surface area (Å²) in [7, 11) is 0. The minimum atomic E-state index is -0.262. The van der Waals surface area contributed by atoms with E-state index < -0.39 is 0 Å². The molecule has 92 valence electrons. The van der Waals surface area contributed by atoms with Crippen molar-refractivity contribution in [2.24, 2.45) is 5.16 Å². The van der Waals surface area contributed by atoms with Gasteiger partial charge in [0.15, 0.2) is 0 Å². The van der Waals surface area contributed by atoms with E-state index in [4.69, 9.17) is 4.84 Å². The highest BCUT2D eigenvalue weighted by Gasteiger charge is 1.94. The Labute approximate surface area is 113 Å². The van der Waals surface area contributed by atoms with E-state index in [0.717, 1.165) is 15.6 Å².